The Balaban J connectivity index is 2.43. The van der Waals surface area contributed by atoms with Crippen molar-refractivity contribution in [2.45, 2.75) is 44.6 Å². The summed E-state index contributed by atoms with van der Waals surface area (Å²) in [4.78, 5) is 0.0739. The zero-order valence-electron chi connectivity index (χ0n) is 17.5. The highest BCUT2D eigenvalue weighted by Crippen LogP contribution is 2.29. The first-order chi connectivity index (χ1) is 13.5. The molecule has 1 aromatic heterocycles. The van der Waals surface area contributed by atoms with Crippen LogP contribution in [0, 0.1) is 6.92 Å². The first kappa shape index (κ1) is 23.5. The molecule has 0 amide bonds. The average molecular weight is 444 g/mol. The summed E-state index contributed by atoms with van der Waals surface area (Å²) in [6, 6.07) is 4.95. The summed E-state index contributed by atoms with van der Waals surface area (Å²) in [5, 5.41) is 4.71. The van der Waals surface area contributed by atoms with Gasteiger partial charge in [0.15, 0.2) is 0 Å². The van der Waals surface area contributed by atoms with Crippen LogP contribution < -0.4 is 5.73 Å². The predicted molar refractivity (Wildman–Crippen MR) is 113 cm³/mol. The van der Waals surface area contributed by atoms with Crippen LogP contribution in [0.15, 0.2) is 35.0 Å². The number of aromatic nitrogens is 2. The van der Waals surface area contributed by atoms with Crippen molar-refractivity contribution >= 4 is 21.6 Å². The van der Waals surface area contributed by atoms with Gasteiger partial charge >= 0.3 is 0 Å². The molecule has 3 N–H and O–H groups in total. The van der Waals surface area contributed by atoms with Crippen LogP contribution in [0.1, 0.15) is 42.3 Å². The molecule has 2 rings (SSSR count). The molecule has 1 heterocycles. The minimum Gasteiger partial charge on any atom is -0.354 e. The molecule has 6 nitrogen and oxygen atoms in total. The van der Waals surface area contributed by atoms with E-state index in [2.05, 4.69) is 10.8 Å². The zero-order valence-corrected chi connectivity index (χ0v) is 19.1. The normalized spacial score (nSPS) is 13.0. The van der Waals surface area contributed by atoms with Crippen LogP contribution in [0.5, 0.6) is 0 Å². The lowest BCUT2D eigenvalue weighted by Gasteiger charge is -2.15. The van der Waals surface area contributed by atoms with Crippen molar-refractivity contribution in [3.05, 3.63) is 57.6 Å². The first-order valence-electron chi connectivity index (χ1n) is 9.39. The summed E-state index contributed by atoms with van der Waals surface area (Å²) in [7, 11) is -0.677. The largest absolute Gasteiger partial charge is 0.354 e. The van der Waals surface area contributed by atoms with Gasteiger partial charge < -0.3 is 5.73 Å². The van der Waals surface area contributed by atoms with E-state index in [-0.39, 0.29) is 28.2 Å². The van der Waals surface area contributed by atoms with Gasteiger partial charge in [0.2, 0.25) is 10.0 Å². The van der Waals surface area contributed by atoms with Crippen LogP contribution in [0.2, 0.25) is 5.02 Å². The third-order valence-corrected chi connectivity index (χ3v) is 6.94. The van der Waals surface area contributed by atoms with E-state index in [1.54, 1.807) is 16.8 Å². The molecule has 0 radical (unpaired) electrons. The SMILES string of the molecule is Cc1nn(C/C(F)=C/C[NH3+])c(C(C)C)c1Cc1ccc(S(=O)(=O)N(C)C)c(Cl)c1. The molecular weight excluding hydrogens is 415 g/mol. The lowest BCUT2D eigenvalue weighted by Crippen LogP contribution is -2.49. The fraction of sp³-hybridized carbons (Fsp3) is 0.450. The van der Waals surface area contributed by atoms with Gasteiger partial charge in [-0.15, -0.1) is 0 Å². The van der Waals surface area contributed by atoms with Gasteiger partial charge in [0.1, 0.15) is 10.7 Å². The van der Waals surface area contributed by atoms with Gasteiger partial charge in [-0.2, -0.15) is 5.10 Å². The Morgan fingerprint density at radius 1 is 1.38 bits per heavy atom. The third-order valence-electron chi connectivity index (χ3n) is 4.64. The molecule has 0 saturated heterocycles. The molecule has 2 aromatic rings. The van der Waals surface area contributed by atoms with E-state index in [4.69, 9.17) is 11.6 Å². The van der Waals surface area contributed by atoms with Gasteiger partial charge in [-0.05, 0) is 30.5 Å². The third kappa shape index (κ3) is 5.25. The maximum atomic E-state index is 14.1. The van der Waals surface area contributed by atoms with E-state index in [0.717, 1.165) is 26.8 Å². The summed E-state index contributed by atoms with van der Waals surface area (Å²) in [5.74, 6) is -0.125. The first-order valence-corrected chi connectivity index (χ1v) is 11.2. The number of rotatable bonds is 8. The molecule has 0 aliphatic rings. The molecule has 0 saturated carbocycles. The molecule has 0 aliphatic heterocycles. The maximum Gasteiger partial charge on any atom is 0.244 e. The van der Waals surface area contributed by atoms with E-state index in [1.807, 2.05) is 20.8 Å². The maximum absolute atomic E-state index is 14.1. The standard InChI is InChI=1S/C20H28ClFN4O2S/c1-13(2)20-17(14(3)24-26(20)12-16(22)8-9-23)10-15-6-7-19(18(21)11-15)29(27,28)25(4)5/h6-8,11,13H,9-10,12,23H2,1-5H3/p+1/b16-8-. The monoisotopic (exact) mass is 443 g/mol. The van der Waals surface area contributed by atoms with Crippen molar-refractivity contribution in [1.82, 2.24) is 14.1 Å². The highest BCUT2D eigenvalue weighted by atomic mass is 35.5. The van der Waals surface area contributed by atoms with Crippen molar-refractivity contribution in [3.8, 4) is 0 Å². The minimum atomic E-state index is -3.61. The fourth-order valence-electron chi connectivity index (χ4n) is 3.25. The Kier molecular flexibility index (Phi) is 7.62. The van der Waals surface area contributed by atoms with Gasteiger partial charge in [0, 0.05) is 37.8 Å². The minimum absolute atomic E-state index is 0.0739. The lowest BCUT2D eigenvalue weighted by molar-refractivity contribution is -0.353. The smallest absolute Gasteiger partial charge is 0.244 e. The summed E-state index contributed by atoms with van der Waals surface area (Å²) < 4.78 is 41.6. The molecular formula is C20H29ClFN4O2S+. The van der Waals surface area contributed by atoms with Crippen LogP contribution in [0.25, 0.3) is 0 Å². The Bertz CT molecular complexity index is 1010. The molecule has 0 aliphatic carbocycles. The summed E-state index contributed by atoms with van der Waals surface area (Å²) in [5.41, 5.74) is 7.28. The number of quaternary nitrogens is 1. The Hall–Kier alpha value is -1.74. The van der Waals surface area contributed by atoms with Crippen LogP contribution in [0.3, 0.4) is 0 Å². The van der Waals surface area contributed by atoms with Crippen LogP contribution in [0.4, 0.5) is 4.39 Å². The van der Waals surface area contributed by atoms with Gasteiger partial charge in [-0.25, -0.2) is 17.1 Å². The number of nitrogens with zero attached hydrogens (tertiary/aromatic N) is 3. The van der Waals surface area contributed by atoms with Gasteiger partial charge in [-0.1, -0.05) is 31.5 Å². The summed E-state index contributed by atoms with van der Waals surface area (Å²) in [6.07, 6.45) is 1.98. The molecule has 29 heavy (non-hydrogen) atoms. The van der Waals surface area contributed by atoms with Crippen molar-refractivity contribution in [2.75, 3.05) is 20.6 Å². The number of benzene rings is 1. The van der Waals surface area contributed by atoms with E-state index in [9.17, 15) is 12.8 Å². The van der Waals surface area contributed by atoms with E-state index in [1.165, 1.54) is 26.2 Å². The van der Waals surface area contributed by atoms with Crippen molar-refractivity contribution in [1.29, 1.82) is 0 Å². The second kappa shape index (κ2) is 9.38. The second-order valence-electron chi connectivity index (χ2n) is 7.43. The molecule has 0 bridgehead atoms. The molecule has 0 atom stereocenters. The average Bonchev–Trinajstić information content (AvgIpc) is 2.89. The Morgan fingerprint density at radius 2 is 2.03 bits per heavy atom. The molecule has 1 aromatic carbocycles. The van der Waals surface area contributed by atoms with Crippen LogP contribution in [-0.4, -0.2) is 43.1 Å². The summed E-state index contributed by atoms with van der Waals surface area (Å²) in [6.45, 7) is 6.44. The fourth-order valence-corrected chi connectivity index (χ4v) is 4.68. The molecule has 0 unspecified atom stereocenters. The van der Waals surface area contributed by atoms with E-state index >= 15 is 0 Å². The number of allylic oxidation sites excluding steroid dienone is 1. The lowest BCUT2D eigenvalue weighted by atomic mass is 9.97. The quantitative estimate of drug-likeness (QED) is 0.680. The van der Waals surface area contributed by atoms with Gasteiger partial charge in [0.05, 0.1) is 23.8 Å². The molecule has 0 fully saturated rings. The Labute approximate surface area is 177 Å². The topological polar surface area (TPSA) is 82.8 Å². The van der Waals surface area contributed by atoms with Gasteiger partial charge in [-0.3, -0.25) is 4.68 Å². The van der Waals surface area contributed by atoms with Crippen LogP contribution in [-0.2, 0) is 23.0 Å². The van der Waals surface area contributed by atoms with Crippen molar-refractivity contribution in [3.63, 3.8) is 0 Å². The molecule has 0 spiro atoms. The van der Waals surface area contributed by atoms with Crippen molar-refractivity contribution in [2.24, 2.45) is 0 Å². The summed E-state index contributed by atoms with van der Waals surface area (Å²) >= 11 is 6.29. The van der Waals surface area contributed by atoms with E-state index < -0.39 is 10.0 Å². The van der Waals surface area contributed by atoms with Crippen molar-refractivity contribution < 1.29 is 18.5 Å². The number of aryl methyl sites for hydroxylation is 1. The number of halogens is 2. The highest BCUT2D eigenvalue weighted by molar-refractivity contribution is 7.89. The van der Waals surface area contributed by atoms with Gasteiger partial charge in [0.25, 0.3) is 0 Å². The number of hydrogen-bond acceptors (Lipinski definition) is 3. The van der Waals surface area contributed by atoms with E-state index in [0.29, 0.717) is 13.0 Å². The Morgan fingerprint density at radius 3 is 2.55 bits per heavy atom. The number of sulfonamides is 1. The van der Waals surface area contributed by atoms with Crippen LogP contribution >= 0.6 is 11.6 Å². The predicted octanol–water partition coefficient (Wildman–Crippen LogP) is 2.90. The highest BCUT2D eigenvalue weighted by Gasteiger charge is 2.22. The zero-order chi connectivity index (χ0) is 21.9. The molecule has 9 heteroatoms. The number of hydrogen-bond donors (Lipinski definition) is 1. The second-order valence-corrected chi connectivity index (χ2v) is 9.96. The molecule has 160 valence electrons.